The summed E-state index contributed by atoms with van der Waals surface area (Å²) in [4.78, 5) is 10.4. The lowest BCUT2D eigenvalue weighted by Gasteiger charge is -2.37. The van der Waals surface area contributed by atoms with Crippen LogP contribution in [0.3, 0.4) is 0 Å². The third-order valence-corrected chi connectivity index (χ3v) is 3.80. The zero-order valence-corrected chi connectivity index (χ0v) is 9.33. The van der Waals surface area contributed by atoms with Crippen LogP contribution in [-0.4, -0.2) is 17.0 Å². The number of hydrogen-bond donors (Lipinski definition) is 1. The molecule has 1 aliphatic carbocycles. The number of carbonyl (C=O) groups excluding carboxylic acids is 1. The van der Waals surface area contributed by atoms with Gasteiger partial charge in [0.05, 0.1) is 5.60 Å². The molecule has 1 fully saturated rings. The van der Waals surface area contributed by atoms with Crippen molar-refractivity contribution < 1.29 is 9.90 Å². The van der Waals surface area contributed by atoms with Crippen molar-refractivity contribution in [2.24, 2.45) is 11.8 Å². The number of aliphatic hydroxyl groups is 1. The molecular formula is C12H22O2. The van der Waals surface area contributed by atoms with Gasteiger partial charge in [0, 0.05) is 6.42 Å². The van der Waals surface area contributed by atoms with E-state index in [4.69, 9.17) is 0 Å². The summed E-state index contributed by atoms with van der Waals surface area (Å²) in [6.45, 7) is 4.03. The van der Waals surface area contributed by atoms with E-state index in [9.17, 15) is 9.90 Å². The van der Waals surface area contributed by atoms with E-state index >= 15 is 0 Å². The van der Waals surface area contributed by atoms with E-state index in [0.29, 0.717) is 5.92 Å². The summed E-state index contributed by atoms with van der Waals surface area (Å²) >= 11 is 0. The maximum Gasteiger partial charge on any atom is 0.122 e. The minimum absolute atomic E-state index is 0.286. The third kappa shape index (κ3) is 2.81. The summed E-state index contributed by atoms with van der Waals surface area (Å²) in [7, 11) is 0. The predicted octanol–water partition coefficient (Wildman–Crippen LogP) is 2.54. The van der Waals surface area contributed by atoms with Gasteiger partial charge in [-0.15, -0.1) is 0 Å². The van der Waals surface area contributed by atoms with Crippen LogP contribution in [-0.2, 0) is 4.79 Å². The molecule has 14 heavy (non-hydrogen) atoms. The minimum atomic E-state index is -0.763. The van der Waals surface area contributed by atoms with Gasteiger partial charge in [-0.3, -0.25) is 0 Å². The monoisotopic (exact) mass is 198 g/mol. The standard InChI is InChI=1S/C12H22O2/c1-3-10-4-6-11(7-5-10)12(2,14)8-9-13/h9-11,14H,3-8H2,1-2H3. The van der Waals surface area contributed by atoms with E-state index in [1.807, 2.05) is 0 Å². The van der Waals surface area contributed by atoms with Crippen LogP contribution < -0.4 is 0 Å². The molecule has 1 N–H and O–H groups in total. The molecule has 0 bridgehead atoms. The second kappa shape index (κ2) is 4.92. The highest BCUT2D eigenvalue weighted by Gasteiger charge is 2.34. The van der Waals surface area contributed by atoms with E-state index in [-0.39, 0.29) is 6.42 Å². The van der Waals surface area contributed by atoms with Gasteiger partial charge in [0.25, 0.3) is 0 Å². The average molecular weight is 198 g/mol. The molecule has 0 aromatic rings. The molecule has 2 nitrogen and oxygen atoms in total. The van der Waals surface area contributed by atoms with Crippen molar-refractivity contribution in [2.75, 3.05) is 0 Å². The number of carbonyl (C=O) groups is 1. The Bertz CT molecular complexity index is 179. The molecule has 1 saturated carbocycles. The van der Waals surface area contributed by atoms with Crippen molar-refractivity contribution >= 4 is 6.29 Å². The van der Waals surface area contributed by atoms with Gasteiger partial charge < -0.3 is 9.90 Å². The SMILES string of the molecule is CCC1CCC(C(C)(O)CC=O)CC1. The van der Waals surface area contributed by atoms with Gasteiger partial charge in [0.15, 0.2) is 0 Å². The summed E-state index contributed by atoms with van der Waals surface area (Å²) in [5.41, 5.74) is -0.763. The molecule has 82 valence electrons. The first-order chi connectivity index (χ1) is 6.60. The molecule has 0 aromatic heterocycles. The molecule has 0 spiro atoms. The molecule has 2 heteroatoms. The molecule has 0 radical (unpaired) electrons. The smallest absolute Gasteiger partial charge is 0.122 e. The molecule has 1 atom stereocenters. The van der Waals surface area contributed by atoms with Gasteiger partial charge in [0.1, 0.15) is 6.29 Å². The molecule has 1 unspecified atom stereocenters. The van der Waals surface area contributed by atoms with Crippen molar-refractivity contribution in [1.82, 2.24) is 0 Å². The van der Waals surface area contributed by atoms with E-state index < -0.39 is 5.60 Å². The fourth-order valence-corrected chi connectivity index (χ4v) is 2.53. The summed E-state index contributed by atoms with van der Waals surface area (Å²) in [6, 6.07) is 0. The van der Waals surface area contributed by atoms with Crippen molar-refractivity contribution in [2.45, 2.75) is 58.0 Å². The van der Waals surface area contributed by atoms with Gasteiger partial charge in [-0.25, -0.2) is 0 Å². The Hall–Kier alpha value is -0.370. The lowest BCUT2D eigenvalue weighted by molar-refractivity contribution is -0.114. The largest absolute Gasteiger partial charge is 0.389 e. The lowest BCUT2D eigenvalue weighted by Crippen LogP contribution is -2.37. The fourth-order valence-electron chi connectivity index (χ4n) is 2.53. The van der Waals surface area contributed by atoms with Crippen LogP contribution in [0, 0.1) is 11.8 Å². The van der Waals surface area contributed by atoms with Crippen molar-refractivity contribution in [3.05, 3.63) is 0 Å². The van der Waals surface area contributed by atoms with Crippen molar-refractivity contribution in [1.29, 1.82) is 0 Å². The number of aldehydes is 1. The molecule has 0 aromatic carbocycles. The lowest BCUT2D eigenvalue weighted by atomic mass is 9.72. The first kappa shape index (κ1) is 11.7. The van der Waals surface area contributed by atoms with Crippen molar-refractivity contribution in [3.63, 3.8) is 0 Å². The fraction of sp³-hybridized carbons (Fsp3) is 0.917. The van der Waals surface area contributed by atoms with Crippen LogP contribution in [0.4, 0.5) is 0 Å². The Labute approximate surface area is 86.7 Å². The highest BCUT2D eigenvalue weighted by atomic mass is 16.3. The van der Waals surface area contributed by atoms with Crippen LogP contribution in [0.25, 0.3) is 0 Å². The Morgan fingerprint density at radius 1 is 1.36 bits per heavy atom. The Morgan fingerprint density at radius 3 is 2.36 bits per heavy atom. The van der Waals surface area contributed by atoms with Crippen molar-refractivity contribution in [3.8, 4) is 0 Å². The summed E-state index contributed by atoms with van der Waals surface area (Å²) in [5.74, 6) is 1.17. The second-order valence-electron chi connectivity index (χ2n) is 4.85. The maximum atomic E-state index is 10.4. The molecule has 1 rings (SSSR count). The first-order valence-electron chi connectivity index (χ1n) is 5.76. The topological polar surface area (TPSA) is 37.3 Å². The Kier molecular flexibility index (Phi) is 4.11. The predicted molar refractivity (Wildman–Crippen MR) is 57.0 cm³/mol. The summed E-state index contributed by atoms with van der Waals surface area (Å²) < 4.78 is 0. The Balaban J connectivity index is 2.44. The van der Waals surface area contributed by atoms with Crippen LogP contribution in [0.2, 0.25) is 0 Å². The van der Waals surface area contributed by atoms with Gasteiger partial charge in [-0.1, -0.05) is 26.2 Å². The maximum absolute atomic E-state index is 10.4. The summed E-state index contributed by atoms with van der Waals surface area (Å²) in [6.07, 6.45) is 6.98. The molecule has 0 saturated heterocycles. The third-order valence-electron chi connectivity index (χ3n) is 3.80. The molecule has 0 heterocycles. The second-order valence-corrected chi connectivity index (χ2v) is 4.85. The normalized spacial score (nSPS) is 32.2. The van der Waals surface area contributed by atoms with E-state index in [2.05, 4.69) is 6.92 Å². The number of rotatable bonds is 4. The van der Waals surface area contributed by atoms with E-state index in [0.717, 1.165) is 25.0 Å². The highest BCUT2D eigenvalue weighted by Crippen LogP contribution is 2.37. The number of hydrogen-bond acceptors (Lipinski definition) is 2. The van der Waals surface area contributed by atoms with Gasteiger partial charge in [-0.2, -0.15) is 0 Å². The molecular weight excluding hydrogens is 176 g/mol. The zero-order valence-electron chi connectivity index (χ0n) is 9.33. The van der Waals surface area contributed by atoms with Gasteiger partial charge >= 0.3 is 0 Å². The summed E-state index contributed by atoms with van der Waals surface area (Å²) in [5, 5.41) is 10.1. The highest BCUT2D eigenvalue weighted by molar-refractivity contribution is 5.51. The van der Waals surface area contributed by atoms with Crippen LogP contribution >= 0.6 is 0 Å². The molecule has 1 aliphatic rings. The average Bonchev–Trinajstić information content (AvgIpc) is 2.18. The minimum Gasteiger partial charge on any atom is -0.389 e. The van der Waals surface area contributed by atoms with Crippen LogP contribution in [0.5, 0.6) is 0 Å². The van der Waals surface area contributed by atoms with Crippen LogP contribution in [0.1, 0.15) is 52.4 Å². The van der Waals surface area contributed by atoms with E-state index in [1.54, 1.807) is 6.92 Å². The molecule has 0 aliphatic heterocycles. The quantitative estimate of drug-likeness (QED) is 0.705. The Morgan fingerprint density at radius 2 is 1.93 bits per heavy atom. The first-order valence-corrected chi connectivity index (χ1v) is 5.76. The zero-order chi connectivity index (χ0) is 10.6. The molecule has 0 amide bonds. The van der Waals surface area contributed by atoms with Crippen LogP contribution in [0.15, 0.2) is 0 Å². The van der Waals surface area contributed by atoms with Gasteiger partial charge in [0.2, 0.25) is 0 Å². The van der Waals surface area contributed by atoms with Gasteiger partial charge in [-0.05, 0) is 31.6 Å². The van der Waals surface area contributed by atoms with E-state index in [1.165, 1.54) is 19.3 Å².